The summed E-state index contributed by atoms with van der Waals surface area (Å²) < 4.78 is 6.35. The van der Waals surface area contributed by atoms with Gasteiger partial charge in [-0.2, -0.15) is 0 Å². The topological polar surface area (TPSA) is 80.7 Å². The molecule has 0 aromatic carbocycles. The van der Waals surface area contributed by atoms with Crippen LogP contribution < -0.4 is 0 Å². The molecule has 5 nitrogen and oxygen atoms in total. The maximum Gasteiger partial charge on any atom is 0.176 e. The van der Waals surface area contributed by atoms with E-state index in [1.165, 1.54) is 0 Å². The van der Waals surface area contributed by atoms with E-state index >= 15 is 0 Å². The third-order valence-corrected chi connectivity index (χ3v) is 8.68. The molecule has 0 unspecified atom stereocenters. The van der Waals surface area contributed by atoms with Crippen molar-refractivity contribution in [1.82, 2.24) is 0 Å². The highest BCUT2D eigenvalue weighted by molar-refractivity contribution is 6.27. The molecule has 0 aromatic rings. The number of hydrogen-bond acceptors (Lipinski definition) is 5. The summed E-state index contributed by atoms with van der Waals surface area (Å²) in [5.74, 6) is -0.990. The normalized spacial score (nSPS) is 31.8. The van der Waals surface area contributed by atoms with E-state index in [9.17, 15) is 19.5 Å². The summed E-state index contributed by atoms with van der Waals surface area (Å²) >= 11 is 0. The number of ketones is 3. The van der Waals surface area contributed by atoms with Crippen LogP contribution in [0.25, 0.3) is 0 Å². The minimum atomic E-state index is -1.56. The van der Waals surface area contributed by atoms with Crippen LogP contribution in [0.2, 0.25) is 0 Å². The fraction of sp³-hybridized carbons (Fsp3) is 0.700. The zero-order valence-corrected chi connectivity index (χ0v) is 23.3. The standard InChI is InChI=1S/C30H44O5/c1-17(2)11-12-20-16-29(14-13-18(3)4)24(32)21-15-22(28(9,10)34)35-25(21)30(26(29)33,27(20,7)8)23(31)19(5)6/h11,13,19-20,22,34H,12,14-16H2,1-10H3/t20-,22+,29+,30-/m0/s1. The molecule has 194 valence electrons. The van der Waals surface area contributed by atoms with Gasteiger partial charge in [0, 0.05) is 17.9 Å². The molecule has 0 amide bonds. The predicted octanol–water partition coefficient (Wildman–Crippen LogP) is 5.91. The summed E-state index contributed by atoms with van der Waals surface area (Å²) in [6, 6.07) is 0. The highest BCUT2D eigenvalue weighted by atomic mass is 16.5. The Hall–Kier alpha value is -2.01. The van der Waals surface area contributed by atoms with E-state index in [1.54, 1.807) is 13.8 Å². The molecule has 3 rings (SSSR count). The Labute approximate surface area is 211 Å². The van der Waals surface area contributed by atoms with Crippen molar-refractivity contribution in [2.24, 2.45) is 28.1 Å². The third kappa shape index (κ3) is 3.98. The zero-order chi connectivity index (χ0) is 26.7. The number of ether oxygens (including phenoxy) is 1. The van der Waals surface area contributed by atoms with E-state index in [4.69, 9.17) is 4.74 Å². The fourth-order valence-electron chi connectivity index (χ4n) is 6.42. The van der Waals surface area contributed by atoms with Crippen molar-refractivity contribution in [2.75, 3.05) is 0 Å². The van der Waals surface area contributed by atoms with Crippen molar-refractivity contribution in [2.45, 2.75) is 107 Å². The van der Waals surface area contributed by atoms with Gasteiger partial charge in [0.2, 0.25) is 0 Å². The van der Waals surface area contributed by atoms with Crippen molar-refractivity contribution < 1.29 is 24.2 Å². The van der Waals surface area contributed by atoms with Crippen LogP contribution in [0.4, 0.5) is 0 Å². The second-order valence-corrected chi connectivity index (χ2v) is 12.9. The monoisotopic (exact) mass is 484 g/mol. The van der Waals surface area contributed by atoms with Crippen LogP contribution in [-0.4, -0.2) is 34.2 Å². The number of hydrogen-bond donors (Lipinski definition) is 1. The van der Waals surface area contributed by atoms with Gasteiger partial charge in [-0.3, -0.25) is 14.4 Å². The van der Waals surface area contributed by atoms with Crippen LogP contribution in [0.5, 0.6) is 0 Å². The zero-order valence-electron chi connectivity index (χ0n) is 23.3. The van der Waals surface area contributed by atoms with Crippen LogP contribution in [0.15, 0.2) is 34.6 Å². The molecule has 1 aliphatic heterocycles. The average molecular weight is 485 g/mol. The predicted molar refractivity (Wildman–Crippen MR) is 138 cm³/mol. The molecule has 35 heavy (non-hydrogen) atoms. The van der Waals surface area contributed by atoms with Crippen molar-refractivity contribution in [3.8, 4) is 0 Å². The molecule has 1 fully saturated rings. The third-order valence-electron chi connectivity index (χ3n) is 8.68. The van der Waals surface area contributed by atoms with Crippen LogP contribution in [0.3, 0.4) is 0 Å². The van der Waals surface area contributed by atoms with Gasteiger partial charge in [-0.05, 0) is 72.1 Å². The second kappa shape index (κ2) is 8.83. The Morgan fingerprint density at radius 1 is 1.11 bits per heavy atom. The number of carbonyl (C=O) groups excluding carboxylic acids is 3. The lowest BCUT2D eigenvalue weighted by molar-refractivity contribution is -0.178. The maximum absolute atomic E-state index is 14.8. The molecule has 0 saturated heterocycles. The lowest BCUT2D eigenvalue weighted by atomic mass is 9.39. The first kappa shape index (κ1) is 27.6. The molecule has 0 radical (unpaired) electrons. The average Bonchev–Trinajstić information content (AvgIpc) is 3.17. The minimum Gasteiger partial charge on any atom is -0.489 e. The number of aliphatic hydroxyl groups is 1. The van der Waals surface area contributed by atoms with Crippen molar-refractivity contribution >= 4 is 17.3 Å². The van der Waals surface area contributed by atoms with Gasteiger partial charge < -0.3 is 9.84 Å². The van der Waals surface area contributed by atoms with Gasteiger partial charge in [0.15, 0.2) is 22.8 Å². The molecule has 2 bridgehead atoms. The van der Waals surface area contributed by atoms with Crippen LogP contribution in [0, 0.1) is 28.1 Å². The summed E-state index contributed by atoms with van der Waals surface area (Å²) in [6.07, 6.45) is 5.00. The largest absolute Gasteiger partial charge is 0.489 e. The number of fused-ring (bicyclic) bond motifs is 3. The first-order chi connectivity index (χ1) is 15.9. The van der Waals surface area contributed by atoms with Gasteiger partial charge in [0.1, 0.15) is 11.9 Å². The molecule has 0 spiro atoms. The van der Waals surface area contributed by atoms with E-state index in [0.717, 1.165) is 11.1 Å². The summed E-state index contributed by atoms with van der Waals surface area (Å²) in [4.78, 5) is 43.3. The Morgan fingerprint density at radius 3 is 2.17 bits per heavy atom. The Kier molecular flexibility index (Phi) is 6.96. The molecule has 1 saturated carbocycles. The summed E-state index contributed by atoms with van der Waals surface area (Å²) in [6.45, 7) is 18.9. The van der Waals surface area contributed by atoms with Gasteiger partial charge >= 0.3 is 0 Å². The molecule has 3 aliphatic rings. The Balaban J connectivity index is 2.40. The van der Waals surface area contributed by atoms with Gasteiger partial charge in [0.05, 0.1) is 11.0 Å². The summed E-state index contributed by atoms with van der Waals surface area (Å²) in [7, 11) is 0. The van der Waals surface area contributed by atoms with E-state index in [2.05, 4.69) is 6.08 Å². The second-order valence-electron chi connectivity index (χ2n) is 12.9. The smallest absolute Gasteiger partial charge is 0.176 e. The minimum absolute atomic E-state index is 0.0776. The van der Waals surface area contributed by atoms with Gasteiger partial charge in [-0.1, -0.05) is 51.0 Å². The van der Waals surface area contributed by atoms with Crippen molar-refractivity contribution in [3.05, 3.63) is 34.6 Å². The fourth-order valence-corrected chi connectivity index (χ4v) is 6.42. The van der Waals surface area contributed by atoms with E-state index in [-0.39, 0.29) is 41.9 Å². The van der Waals surface area contributed by atoms with Gasteiger partial charge in [-0.25, -0.2) is 0 Å². The number of rotatable bonds is 7. The molecule has 1 N–H and O–H groups in total. The molecular formula is C30H44O5. The van der Waals surface area contributed by atoms with Gasteiger partial charge in [0.25, 0.3) is 0 Å². The molecule has 0 aromatic heterocycles. The van der Waals surface area contributed by atoms with Crippen LogP contribution in [0.1, 0.15) is 94.9 Å². The highest BCUT2D eigenvalue weighted by Crippen LogP contribution is 2.68. The van der Waals surface area contributed by atoms with Gasteiger partial charge in [-0.15, -0.1) is 0 Å². The first-order valence-electron chi connectivity index (χ1n) is 13.0. The lowest BCUT2D eigenvalue weighted by Gasteiger charge is -2.60. The van der Waals surface area contributed by atoms with E-state index in [0.29, 0.717) is 18.4 Å². The summed E-state index contributed by atoms with van der Waals surface area (Å²) in [5, 5.41) is 10.8. The van der Waals surface area contributed by atoms with Crippen LogP contribution >= 0.6 is 0 Å². The number of allylic oxidation sites excluding steroid dienone is 5. The van der Waals surface area contributed by atoms with Crippen molar-refractivity contribution in [1.29, 1.82) is 0 Å². The Morgan fingerprint density at radius 2 is 1.69 bits per heavy atom. The van der Waals surface area contributed by atoms with E-state index < -0.39 is 33.9 Å². The first-order valence-corrected chi connectivity index (χ1v) is 13.0. The number of Topliss-reactive ketones (excluding diaryl/α,β-unsaturated/α-hetero) is 3. The van der Waals surface area contributed by atoms with Crippen LogP contribution in [-0.2, 0) is 19.1 Å². The maximum atomic E-state index is 14.8. The van der Waals surface area contributed by atoms with Crippen molar-refractivity contribution in [3.63, 3.8) is 0 Å². The van der Waals surface area contributed by atoms with E-state index in [1.807, 2.05) is 61.5 Å². The SMILES string of the molecule is CC(C)=CC[C@H]1C[C@]2(CC=C(C)C)C(=O)C3=C(O[C@@H](C(C)(C)O)C3)[C@@](C(=O)C(C)C)(C2=O)C1(C)C. The Bertz CT molecular complexity index is 1020. The summed E-state index contributed by atoms with van der Waals surface area (Å²) in [5.41, 5.74) is -2.23. The lowest BCUT2D eigenvalue weighted by Crippen LogP contribution is -2.69. The molecular weight excluding hydrogens is 440 g/mol. The molecule has 4 atom stereocenters. The molecule has 5 heteroatoms. The molecule has 1 heterocycles. The quantitative estimate of drug-likeness (QED) is 0.359. The highest BCUT2D eigenvalue weighted by Gasteiger charge is 2.76. The molecule has 2 aliphatic carbocycles. The number of carbonyl (C=O) groups is 3.